The molecule has 1 amide bonds. The summed E-state index contributed by atoms with van der Waals surface area (Å²) in [6.45, 7) is 5.12. The summed E-state index contributed by atoms with van der Waals surface area (Å²) >= 11 is 0. The second-order valence-electron chi connectivity index (χ2n) is 5.59. The van der Waals surface area contributed by atoms with Crippen LogP contribution < -0.4 is 5.32 Å². The van der Waals surface area contributed by atoms with Crippen molar-refractivity contribution in [1.82, 2.24) is 5.32 Å². The van der Waals surface area contributed by atoms with Gasteiger partial charge in [-0.15, -0.1) is 6.42 Å². The molecule has 2 N–H and O–H groups in total. The number of nitrogens with one attached hydrogen (secondary N) is 1. The number of amides is 1. The Labute approximate surface area is 124 Å². The van der Waals surface area contributed by atoms with E-state index in [9.17, 15) is 14.7 Å². The fraction of sp³-hybridized carbons (Fsp3) is 0.375. The molecule has 0 fully saturated rings. The largest absolute Gasteiger partial charge is 0.480 e. The highest BCUT2D eigenvalue weighted by Crippen LogP contribution is 2.10. The molecule has 0 aliphatic rings. The molecule has 0 radical (unpaired) electrons. The van der Waals surface area contributed by atoms with E-state index in [-0.39, 0.29) is 6.42 Å². The summed E-state index contributed by atoms with van der Waals surface area (Å²) in [6.07, 6.45) is 4.67. The number of hydrogen-bond donors (Lipinski definition) is 2. The monoisotopic (exact) mass is 289 g/mol. The number of terminal acetylenes is 1. The molecule has 0 aromatic heterocycles. The summed E-state index contributed by atoms with van der Waals surface area (Å²) in [5.74, 6) is 1.35. The molecular weight excluding hydrogens is 270 g/mol. The van der Waals surface area contributed by atoms with E-state index in [0.717, 1.165) is 5.56 Å². The average molecular weight is 289 g/mol. The van der Waals surface area contributed by atoms with Crippen molar-refractivity contribution in [3.8, 4) is 12.3 Å². The molecule has 0 aliphatic heterocycles. The molecule has 5 nitrogen and oxygen atoms in total. The minimum Gasteiger partial charge on any atom is -0.480 e. The predicted octanol–water partition coefficient (Wildman–Crippen LogP) is 2.19. The minimum absolute atomic E-state index is 0.129. The summed E-state index contributed by atoms with van der Waals surface area (Å²) < 4.78 is 5.06. The molecule has 0 aliphatic carbocycles. The third kappa shape index (κ3) is 6.00. The van der Waals surface area contributed by atoms with Gasteiger partial charge in [-0.1, -0.05) is 18.1 Å². The molecule has 0 heterocycles. The van der Waals surface area contributed by atoms with Gasteiger partial charge in [0.2, 0.25) is 0 Å². The van der Waals surface area contributed by atoms with Gasteiger partial charge in [0.25, 0.3) is 0 Å². The quantitative estimate of drug-likeness (QED) is 0.833. The number of rotatable bonds is 4. The fourth-order valence-electron chi connectivity index (χ4n) is 1.67. The standard InChI is InChI=1S/C16H19NO4/c1-5-11-7-6-8-12(9-11)10-13(14(18)19)17-15(20)21-16(2,3)4/h1,6-9,13H,10H2,2-4H3,(H,17,20)(H,18,19)/t13-/m0/s1. The fourth-order valence-corrected chi connectivity index (χ4v) is 1.67. The predicted molar refractivity (Wildman–Crippen MR) is 78.9 cm³/mol. The van der Waals surface area contributed by atoms with Crippen LogP contribution in [0.1, 0.15) is 31.9 Å². The van der Waals surface area contributed by atoms with E-state index >= 15 is 0 Å². The number of hydrogen-bond acceptors (Lipinski definition) is 3. The lowest BCUT2D eigenvalue weighted by Crippen LogP contribution is -2.44. The highest BCUT2D eigenvalue weighted by Gasteiger charge is 2.24. The van der Waals surface area contributed by atoms with Crippen LogP contribution in [0.4, 0.5) is 4.79 Å². The second-order valence-corrected chi connectivity index (χ2v) is 5.59. The van der Waals surface area contributed by atoms with Crippen molar-refractivity contribution in [2.45, 2.75) is 38.8 Å². The van der Waals surface area contributed by atoms with E-state index in [1.165, 1.54) is 0 Å². The van der Waals surface area contributed by atoms with E-state index in [1.807, 2.05) is 0 Å². The molecule has 0 saturated carbocycles. The van der Waals surface area contributed by atoms with Crippen LogP contribution >= 0.6 is 0 Å². The van der Waals surface area contributed by atoms with E-state index in [2.05, 4.69) is 11.2 Å². The van der Waals surface area contributed by atoms with Crippen LogP contribution in [-0.4, -0.2) is 28.8 Å². The van der Waals surface area contributed by atoms with Crippen LogP contribution in [0.15, 0.2) is 24.3 Å². The molecular formula is C16H19NO4. The van der Waals surface area contributed by atoms with Crippen molar-refractivity contribution < 1.29 is 19.4 Å². The van der Waals surface area contributed by atoms with Gasteiger partial charge in [-0.05, 0) is 38.5 Å². The highest BCUT2D eigenvalue weighted by atomic mass is 16.6. The van der Waals surface area contributed by atoms with E-state index in [4.69, 9.17) is 11.2 Å². The molecule has 1 atom stereocenters. The van der Waals surface area contributed by atoms with Gasteiger partial charge < -0.3 is 15.2 Å². The van der Waals surface area contributed by atoms with Gasteiger partial charge in [0.05, 0.1) is 0 Å². The lowest BCUT2D eigenvalue weighted by Gasteiger charge is -2.22. The Morgan fingerprint density at radius 3 is 2.62 bits per heavy atom. The van der Waals surface area contributed by atoms with Crippen molar-refractivity contribution in [3.63, 3.8) is 0 Å². The zero-order chi connectivity index (χ0) is 16.0. The molecule has 1 aromatic rings. The van der Waals surface area contributed by atoms with E-state index in [0.29, 0.717) is 5.56 Å². The zero-order valence-electron chi connectivity index (χ0n) is 12.3. The lowest BCUT2D eigenvalue weighted by atomic mass is 10.0. The van der Waals surface area contributed by atoms with Crippen LogP contribution in [-0.2, 0) is 16.0 Å². The zero-order valence-corrected chi connectivity index (χ0v) is 12.3. The Morgan fingerprint density at radius 2 is 2.10 bits per heavy atom. The second kappa shape index (κ2) is 6.80. The normalized spacial score (nSPS) is 12.1. The van der Waals surface area contributed by atoms with Crippen LogP contribution in [0.3, 0.4) is 0 Å². The van der Waals surface area contributed by atoms with Gasteiger partial charge >= 0.3 is 12.1 Å². The smallest absolute Gasteiger partial charge is 0.408 e. The maximum atomic E-state index is 11.7. The molecule has 0 bridgehead atoms. The van der Waals surface area contributed by atoms with Gasteiger partial charge in [0.15, 0.2) is 0 Å². The van der Waals surface area contributed by atoms with Crippen molar-refractivity contribution in [2.24, 2.45) is 0 Å². The number of carboxylic acids is 1. The number of alkyl carbamates (subject to hydrolysis) is 1. The molecule has 0 unspecified atom stereocenters. The summed E-state index contributed by atoms with van der Waals surface area (Å²) in [5.41, 5.74) is 0.707. The third-order valence-electron chi connectivity index (χ3n) is 2.52. The van der Waals surface area contributed by atoms with Crippen molar-refractivity contribution in [3.05, 3.63) is 35.4 Å². The van der Waals surface area contributed by atoms with Crippen molar-refractivity contribution in [2.75, 3.05) is 0 Å². The molecule has 1 rings (SSSR count). The first-order valence-corrected chi connectivity index (χ1v) is 6.49. The summed E-state index contributed by atoms with van der Waals surface area (Å²) in [7, 11) is 0. The van der Waals surface area contributed by atoms with Crippen LogP contribution in [0.2, 0.25) is 0 Å². The molecule has 1 aromatic carbocycles. The minimum atomic E-state index is -1.13. The van der Waals surface area contributed by atoms with Crippen LogP contribution in [0.5, 0.6) is 0 Å². The first kappa shape index (κ1) is 16.6. The summed E-state index contributed by atoms with van der Waals surface area (Å²) in [4.78, 5) is 22.9. The van der Waals surface area contributed by atoms with Crippen molar-refractivity contribution in [1.29, 1.82) is 0 Å². The lowest BCUT2D eigenvalue weighted by molar-refractivity contribution is -0.139. The maximum absolute atomic E-state index is 11.7. The Kier molecular flexibility index (Phi) is 5.37. The van der Waals surface area contributed by atoms with Crippen LogP contribution in [0, 0.1) is 12.3 Å². The van der Waals surface area contributed by atoms with Gasteiger partial charge in [0.1, 0.15) is 11.6 Å². The Morgan fingerprint density at radius 1 is 1.43 bits per heavy atom. The Bertz CT molecular complexity index is 566. The van der Waals surface area contributed by atoms with Crippen LogP contribution in [0.25, 0.3) is 0 Å². The third-order valence-corrected chi connectivity index (χ3v) is 2.52. The molecule has 112 valence electrons. The molecule has 0 spiro atoms. The topological polar surface area (TPSA) is 75.6 Å². The van der Waals surface area contributed by atoms with E-state index in [1.54, 1.807) is 45.0 Å². The molecule has 0 saturated heterocycles. The molecule has 5 heteroatoms. The number of benzene rings is 1. The number of ether oxygens (including phenoxy) is 1. The van der Waals surface area contributed by atoms with Crippen molar-refractivity contribution >= 4 is 12.1 Å². The number of carbonyl (C=O) groups is 2. The van der Waals surface area contributed by atoms with Gasteiger partial charge in [-0.3, -0.25) is 0 Å². The highest BCUT2D eigenvalue weighted by molar-refractivity contribution is 5.80. The SMILES string of the molecule is C#Cc1cccc(C[C@H](NC(=O)OC(C)(C)C)C(=O)O)c1. The van der Waals surface area contributed by atoms with E-state index < -0.39 is 23.7 Å². The number of carbonyl (C=O) groups excluding carboxylic acids is 1. The van der Waals surface area contributed by atoms with Gasteiger partial charge in [0, 0.05) is 12.0 Å². The Balaban J connectivity index is 2.77. The average Bonchev–Trinajstić information content (AvgIpc) is 2.36. The maximum Gasteiger partial charge on any atom is 0.408 e. The number of carboxylic acid groups (broad SMARTS) is 1. The van der Waals surface area contributed by atoms with Gasteiger partial charge in [-0.2, -0.15) is 0 Å². The van der Waals surface area contributed by atoms with Gasteiger partial charge in [-0.25, -0.2) is 9.59 Å². The molecule has 21 heavy (non-hydrogen) atoms. The summed E-state index contributed by atoms with van der Waals surface area (Å²) in [6, 6.07) is 5.89. The Hall–Kier alpha value is -2.48. The summed E-state index contributed by atoms with van der Waals surface area (Å²) in [5, 5.41) is 11.5. The first-order valence-electron chi connectivity index (χ1n) is 6.49. The first-order chi connectivity index (χ1) is 9.71. The number of aliphatic carboxylic acids is 1.